The molecule has 0 radical (unpaired) electrons. The molecular weight excluding hydrogens is 432 g/mol. The fraction of sp³-hybridized carbons (Fsp3) is 0.444. The quantitative estimate of drug-likeness (QED) is 0.538. The van der Waals surface area contributed by atoms with Crippen LogP contribution >= 0.6 is 0 Å². The van der Waals surface area contributed by atoms with Gasteiger partial charge in [-0.1, -0.05) is 49.4 Å². The summed E-state index contributed by atoms with van der Waals surface area (Å²) < 4.78 is 11.5. The summed E-state index contributed by atoms with van der Waals surface area (Å²) in [6.45, 7) is 4.82. The summed E-state index contributed by atoms with van der Waals surface area (Å²) >= 11 is 0. The SMILES string of the molecule is COc1cccc(CO[C@H]2CN(CCc3ccccc3)C(=O)CN(C(=O)C[C@@H](C)C(C)=O)C2)c1. The normalized spacial score (nSPS) is 17.3. The molecule has 0 aromatic heterocycles. The van der Waals surface area contributed by atoms with Crippen LogP contribution in [-0.4, -0.2) is 66.8 Å². The van der Waals surface area contributed by atoms with Crippen LogP contribution in [0.2, 0.25) is 0 Å². The number of benzene rings is 2. The van der Waals surface area contributed by atoms with Crippen molar-refractivity contribution in [3.63, 3.8) is 0 Å². The molecule has 0 aliphatic carbocycles. The van der Waals surface area contributed by atoms with Crippen LogP contribution in [0.15, 0.2) is 54.6 Å². The van der Waals surface area contributed by atoms with Crippen LogP contribution < -0.4 is 4.74 Å². The van der Waals surface area contributed by atoms with Gasteiger partial charge in [0.25, 0.3) is 0 Å². The molecule has 0 unspecified atom stereocenters. The maximum atomic E-state index is 13.1. The van der Waals surface area contributed by atoms with E-state index in [1.165, 1.54) is 6.92 Å². The van der Waals surface area contributed by atoms with Crippen LogP contribution in [0.4, 0.5) is 0 Å². The fourth-order valence-electron chi connectivity index (χ4n) is 3.91. The van der Waals surface area contributed by atoms with Crippen LogP contribution in [0.25, 0.3) is 0 Å². The molecular formula is C27H34N2O5. The molecule has 1 saturated heterocycles. The summed E-state index contributed by atoms with van der Waals surface area (Å²) in [6.07, 6.45) is 0.477. The van der Waals surface area contributed by atoms with Crippen LogP contribution in [0.3, 0.4) is 0 Å². The lowest BCUT2D eigenvalue weighted by atomic mass is 10.0. The average Bonchev–Trinajstić information content (AvgIpc) is 3.00. The molecule has 2 aromatic carbocycles. The van der Waals surface area contributed by atoms with Gasteiger partial charge < -0.3 is 19.3 Å². The van der Waals surface area contributed by atoms with Crippen molar-refractivity contribution in [3.8, 4) is 5.75 Å². The number of nitrogens with zero attached hydrogens (tertiary/aromatic N) is 2. The second kappa shape index (κ2) is 12.3. The maximum Gasteiger partial charge on any atom is 0.242 e. The number of carbonyl (C=O) groups excluding carboxylic acids is 3. The number of methoxy groups -OCH3 is 1. The lowest BCUT2D eigenvalue weighted by molar-refractivity contribution is -0.140. The molecule has 7 nitrogen and oxygen atoms in total. The van der Waals surface area contributed by atoms with Crippen molar-refractivity contribution in [3.05, 3.63) is 65.7 Å². The van der Waals surface area contributed by atoms with Gasteiger partial charge in [-0.25, -0.2) is 0 Å². The monoisotopic (exact) mass is 466 g/mol. The highest BCUT2D eigenvalue weighted by molar-refractivity contribution is 5.88. The number of ketones is 1. The Labute approximate surface area is 201 Å². The molecule has 1 fully saturated rings. The van der Waals surface area contributed by atoms with Gasteiger partial charge in [-0.15, -0.1) is 0 Å². The van der Waals surface area contributed by atoms with Crippen LogP contribution in [0, 0.1) is 5.92 Å². The van der Waals surface area contributed by atoms with Crippen molar-refractivity contribution in [2.45, 2.75) is 39.4 Å². The van der Waals surface area contributed by atoms with Gasteiger partial charge >= 0.3 is 0 Å². The Balaban J connectivity index is 1.71. The summed E-state index contributed by atoms with van der Waals surface area (Å²) in [5.41, 5.74) is 2.10. The zero-order chi connectivity index (χ0) is 24.5. The van der Waals surface area contributed by atoms with E-state index < -0.39 is 0 Å². The Morgan fingerprint density at radius 1 is 1.06 bits per heavy atom. The van der Waals surface area contributed by atoms with E-state index in [1.54, 1.807) is 23.8 Å². The van der Waals surface area contributed by atoms with Crippen molar-refractivity contribution in [1.82, 2.24) is 9.80 Å². The lowest BCUT2D eigenvalue weighted by Gasteiger charge is -2.25. The van der Waals surface area contributed by atoms with E-state index >= 15 is 0 Å². The van der Waals surface area contributed by atoms with Gasteiger partial charge in [0.15, 0.2) is 0 Å². The van der Waals surface area contributed by atoms with E-state index in [4.69, 9.17) is 9.47 Å². The van der Waals surface area contributed by atoms with Crippen molar-refractivity contribution in [1.29, 1.82) is 0 Å². The number of carbonyl (C=O) groups is 3. The molecule has 0 saturated carbocycles. The van der Waals surface area contributed by atoms with Crippen LogP contribution in [0.1, 0.15) is 31.4 Å². The first kappa shape index (κ1) is 25.4. The fourth-order valence-corrected chi connectivity index (χ4v) is 3.91. The molecule has 34 heavy (non-hydrogen) atoms. The number of rotatable bonds is 10. The second-order valence-corrected chi connectivity index (χ2v) is 8.85. The highest BCUT2D eigenvalue weighted by Gasteiger charge is 2.31. The number of Topliss-reactive ketones (excluding diaryl/α,β-unsaturated/α-hetero) is 1. The summed E-state index contributed by atoms with van der Waals surface area (Å²) in [5, 5.41) is 0. The smallest absolute Gasteiger partial charge is 0.242 e. The first-order valence-electron chi connectivity index (χ1n) is 11.7. The van der Waals surface area contributed by atoms with E-state index in [0.29, 0.717) is 26.2 Å². The molecule has 2 atom stereocenters. The van der Waals surface area contributed by atoms with E-state index in [2.05, 4.69) is 0 Å². The minimum Gasteiger partial charge on any atom is -0.497 e. The first-order chi connectivity index (χ1) is 16.4. The van der Waals surface area contributed by atoms with E-state index in [9.17, 15) is 14.4 Å². The summed E-state index contributed by atoms with van der Waals surface area (Å²) in [7, 11) is 1.62. The predicted octanol–water partition coefficient (Wildman–Crippen LogP) is 3.11. The standard InChI is InChI=1S/C27H34N2O5/c1-20(21(2)30)14-26(31)29-17-25(34-19-23-10-7-11-24(15-23)33-3)16-28(27(32)18-29)13-12-22-8-5-4-6-9-22/h4-11,15,20,25H,12-14,16-19H2,1-3H3/t20-,25+/m1/s1. The number of amides is 2. The van der Waals surface area contributed by atoms with Crippen molar-refractivity contribution < 1.29 is 23.9 Å². The van der Waals surface area contributed by atoms with Gasteiger partial charge in [-0.3, -0.25) is 14.4 Å². The Morgan fingerprint density at radius 2 is 1.79 bits per heavy atom. The summed E-state index contributed by atoms with van der Waals surface area (Å²) in [5.74, 6) is 0.0286. The third-order valence-corrected chi connectivity index (χ3v) is 6.19. The Hall–Kier alpha value is -3.19. The van der Waals surface area contributed by atoms with Gasteiger partial charge in [0.1, 0.15) is 11.5 Å². The topological polar surface area (TPSA) is 76.2 Å². The molecule has 0 bridgehead atoms. The first-order valence-corrected chi connectivity index (χ1v) is 11.7. The number of hydrogen-bond donors (Lipinski definition) is 0. The van der Waals surface area contributed by atoms with Gasteiger partial charge in [-0.05, 0) is 36.6 Å². The van der Waals surface area contributed by atoms with Gasteiger partial charge in [-0.2, -0.15) is 0 Å². The van der Waals surface area contributed by atoms with Crippen molar-refractivity contribution in [2.75, 3.05) is 33.3 Å². The Morgan fingerprint density at radius 3 is 2.50 bits per heavy atom. The van der Waals surface area contributed by atoms with Crippen LogP contribution in [0.5, 0.6) is 5.75 Å². The van der Waals surface area contributed by atoms with Crippen molar-refractivity contribution in [2.24, 2.45) is 5.92 Å². The van der Waals surface area contributed by atoms with Crippen LogP contribution in [-0.2, 0) is 32.1 Å². The maximum absolute atomic E-state index is 13.1. The number of hydrogen-bond acceptors (Lipinski definition) is 5. The molecule has 1 heterocycles. The molecule has 3 rings (SSSR count). The predicted molar refractivity (Wildman–Crippen MR) is 129 cm³/mol. The molecule has 182 valence electrons. The molecule has 1 aliphatic heterocycles. The molecule has 2 aromatic rings. The largest absolute Gasteiger partial charge is 0.497 e. The highest BCUT2D eigenvalue weighted by atomic mass is 16.5. The summed E-state index contributed by atoms with van der Waals surface area (Å²) in [6, 6.07) is 17.6. The third-order valence-electron chi connectivity index (χ3n) is 6.19. The summed E-state index contributed by atoms with van der Waals surface area (Å²) in [4.78, 5) is 41.0. The number of ether oxygens (including phenoxy) is 2. The van der Waals surface area contributed by atoms with Gasteiger partial charge in [0.05, 0.1) is 26.4 Å². The van der Waals surface area contributed by atoms with Gasteiger partial charge in [0.2, 0.25) is 11.8 Å². The van der Waals surface area contributed by atoms with Crippen molar-refractivity contribution >= 4 is 17.6 Å². The zero-order valence-corrected chi connectivity index (χ0v) is 20.2. The minimum absolute atomic E-state index is 0.00271. The lowest BCUT2D eigenvalue weighted by Crippen LogP contribution is -2.40. The van der Waals surface area contributed by atoms with Gasteiger partial charge in [0, 0.05) is 32.0 Å². The molecule has 2 amide bonds. The zero-order valence-electron chi connectivity index (χ0n) is 20.2. The minimum atomic E-state index is -0.379. The molecule has 7 heteroatoms. The Kier molecular flexibility index (Phi) is 9.22. The third kappa shape index (κ3) is 7.42. The molecule has 0 spiro atoms. The van der Waals surface area contributed by atoms with E-state index in [-0.39, 0.29) is 42.6 Å². The molecule has 1 aliphatic rings. The average molecular weight is 467 g/mol. The Bertz CT molecular complexity index is 978. The second-order valence-electron chi connectivity index (χ2n) is 8.85. The highest BCUT2D eigenvalue weighted by Crippen LogP contribution is 2.17. The molecule has 0 N–H and O–H groups in total. The van der Waals surface area contributed by atoms with E-state index in [1.807, 2.05) is 54.6 Å². The van der Waals surface area contributed by atoms with E-state index in [0.717, 1.165) is 23.3 Å².